The molecule has 23 heavy (non-hydrogen) atoms. The van der Waals surface area contributed by atoms with Crippen molar-refractivity contribution < 1.29 is 17.4 Å². The summed E-state index contributed by atoms with van der Waals surface area (Å²) in [5.74, 6) is 1.40. The normalized spacial score (nSPS) is 17.7. The molecule has 1 aliphatic heterocycles. The third-order valence-corrected chi connectivity index (χ3v) is 5.97. The number of hydrogen-bond acceptors (Lipinski definition) is 8. The molecule has 0 radical (unpaired) electrons. The summed E-state index contributed by atoms with van der Waals surface area (Å²) in [7, 11) is -3.57. The molecule has 126 valence electrons. The van der Waals surface area contributed by atoms with Gasteiger partial charge in [0.1, 0.15) is 10.6 Å². The Morgan fingerprint density at radius 2 is 1.78 bits per heavy atom. The van der Waals surface area contributed by atoms with E-state index in [-0.39, 0.29) is 4.90 Å². The molecule has 0 unspecified atom stereocenters. The van der Waals surface area contributed by atoms with Crippen LogP contribution < -0.4 is 0 Å². The lowest BCUT2D eigenvalue weighted by Crippen LogP contribution is -2.48. The zero-order valence-electron chi connectivity index (χ0n) is 13.3. The van der Waals surface area contributed by atoms with Gasteiger partial charge in [-0.05, 0) is 13.8 Å². The number of rotatable bonds is 4. The van der Waals surface area contributed by atoms with Crippen LogP contribution in [-0.4, -0.2) is 59.2 Å². The second kappa shape index (κ2) is 6.02. The molecule has 3 heterocycles. The van der Waals surface area contributed by atoms with E-state index >= 15 is 0 Å². The maximum Gasteiger partial charge on any atom is 0.248 e. The summed E-state index contributed by atoms with van der Waals surface area (Å²) in [5, 5.41) is 11.5. The lowest BCUT2D eigenvalue weighted by Gasteiger charge is -2.33. The van der Waals surface area contributed by atoms with E-state index in [9.17, 15) is 8.42 Å². The Balaban J connectivity index is 1.66. The first-order valence-corrected chi connectivity index (χ1v) is 8.76. The van der Waals surface area contributed by atoms with Crippen LogP contribution in [0.4, 0.5) is 0 Å². The van der Waals surface area contributed by atoms with Crippen molar-refractivity contribution in [1.82, 2.24) is 24.6 Å². The Hall–Kier alpha value is -1.78. The zero-order valence-corrected chi connectivity index (χ0v) is 14.1. The lowest BCUT2D eigenvalue weighted by molar-refractivity contribution is 0.167. The van der Waals surface area contributed by atoms with Crippen molar-refractivity contribution >= 4 is 10.0 Å². The summed E-state index contributed by atoms with van der Waals surface area (Å²) in [5.41, 5.74) is 0.395. The third-order valence-electron chi connectivity index (χ3n) is 3.82. The summed E-state index contributed by atoms with van der Waals surface area (Å²) < 4.78 is 37.3. The molecule has 0 amide bonds. The molecular formula is C13H19N5O4S. The van der Waals surface area contributed by atoms with Gasteiger partial charge in [0, 0.05) is 33.1 Å². The van der Waals surface area contributed by atoms with Crippen molar-refractivity contribution in [2.45, 2.75) is 32.2 Å². The molecule has 3 rings (SSSR count). The van der Waals surface area contributed by atoms with Crippen LogP contribution in [0.2, 0.25) is 0 Å². The summed E-state index contributed by atoms with van der Waals surface area (Å²) in [6, 6.07) is 0. The van der Waals surface area contributed by atoms with Gasteiger partial charge in [-0.15, -0.1) is 10.2 Å². The number of aromatic nitrogens is 3. The maximum absolute atomic E-state index is 12.7. The van der Waals surface area contributed by atoms with Crippen molar-refractivity contribution in [2.24, 2.45) is 0 Å². The average Bonchev–Trinajstić information content (AvgIpc) is 3.05. The molecule has 1 aliphatic rings. The molecule has 0 atom stereocenters. The summed E-state index contributed by atoms with van der Waals surface area (Å²) in [6.45, 7) is 7.52. The molecule has 0 aromatic carbocycles. The van der Waals surface area contributed by atoms with Gasteiger partial charge < -0.3 is 8.94 Å². The van der Waals surface area contributed by atoms with E-state index in [0.29, 0.717) is 56.0 Å². The average molecular weight is 341 g/mol. The number of sulfonamides is 1. The molecule has 0 spiro atoms. The van der Waals surface area contributed by atoms with Gasteiger partial charge >= 0.3 is 0 Å². The second-order valence-electron chi connectivity index (χ2n) is 5.55. The largest absolute Gasteiger partial charge is 0.424 e. The quantitative estimate of drug-likeness (QED) is 0.791. The van der Waals surface area contributed by atoms with Crippen molar-refractivity contribution in [1.29, 1.82) is 0 Å². The van der Waals surface area contributed by atoms with Gasteiger partial charge in [0.05, 0.1) is 6.54 Å². The first-order valence-electron chi connectivity index (χ1n) is 7.32. The van der Waals surface area contributed by atoms with Gasteiger partial charge in [0.15, 0.2) is 5.76 Å². The van der Waals surface area contributed by atoms with Gasteiger partial charge in [-0.25, -0.2) is 8.42 Å². The Labute approximate surface area is 134 Å². The Morgan fingerprint density at radius 3 is 2.30 bits per heavy atom. The fourth-order valence-corrected chi connectivity index (χ4v) is 4.41. The van der Waals surface area contributed by atoms with Crippen molar-refractivity contribution in [3.05, 3.63) is 23.2 Å². The Kier molecular flexibility index (Phi) is 4.21. The molecule has 10 heteroatoms. The molecule has 1 saturated heterocycles. The molecule has 0 N–H and O–H groups in total. The fourth-order valence-electron chi connectivity index (χ4n) is 2.69. The summed E-state index contributed by atoms with van der Waals surface area (Å²) in [6.07, 6.45) is 0. The molecule has 2 aromatic heterocycles. The predicted molar refractivity (Wildman–Crippen MR) is 79.0 cm³/mol. The molecule has 2 aromatic rings. The van der Waals surface area contributed by atoms with Crippen LogP contribution in [0, 0.1) is 20.8 Å². The van der Waals surface area contributed by atoms with E-state index in [0.717, 1.165) is 0 Å². The maximum atomic E-state index is 12.7. The minimum Gasteiger partial charge on any atom is -0.424 e. The van der Waals surface area contributed by atoms with Gasteiger partial charge in [-0.2, -0.15) is 4.31 Å². The van der Waals surface area contributed by atoms with Crippen molar-refractivity contribution in [2.75, 3.05) is 26.2 Å². The highest BCUT2D eigenvalue weighted by Crippen LogP contribution is 2.24. The van der Waals surface area contributed by atoms with Crippen LogP contribution in [-0.2, 0) is 16.6 Å². The van der Waals surface area contributed by atoms with E-state index in [2.05, 4.69) is 20.3 Å². The first kappa shape index (κ1) is 16.1. The predicted octanol–water partition coefficient (Wildman–Crippen LogP) is 0.489. The van der Waals surface area contributed by atoms with Crippen LogP contribution in [0.15, 0.2) is 13.8 Å². The topological polar surface area (TPSA) is 106 Å². The third kappa shape index (κ3) is 3.14. The van der Waals surface area contributed by atoms with E-state index in [1.165, 1.54) is 4.31 Å². The van der Waals surface area contributed by atoms with E-state index in [1.807, 2.05) is 0 Å². The molecule has 0 bridgehead atoms. The van der Waals surface area contributed by atoms with Crippen molar-refractivity contribution in [3.63, 3.8) is 0 Å². The lowest BCUT2D eigenvalue weighted by atomic mass is 10.3. The minimum atomic E-state index is -3.57. The van der Waals surface area contributed by atoms with Gasteiger partial charge in [0.25, 0.3) is 0 Å². The van der Waals surface area contributed by atoms with E-state index < -0.39 is 10.0 Å². The minimum absolute atomic E-state index is 0.179. The van der Waals surface area contributed by atoms with Crippen LogP contribution in [0.3, 0.4) is 0 Å². The smallest absolute Gasteiger partial charge is 0.248 e. The fraction of sp³-hybridized carbons (Fsp3) is 0.615. The van der Waals surface area contributed by atoms with Gasteiger partial charge in [0.2, 0.25) is 21.8 Å². The first-order chi connectivity index (χ1) is 10.9. The van der Waals surface area contributed by atoms with Gasteiger partial charge in [-0.3, -0.25) is 4.90 Å². The number of piperazine rings is 1. The Morgan fingerprint density at radius 1 is 1.09 bits per heavy atom. The summed E-state index contributed by atoms with van der Waals surface area (Å²) >= 11 is 0. The van der Waals surface area contributed by atoms with Crippen molar-refractivity contribution in [3.8, 4) is 0 Å². The van der Waals surface area contributed by atoms with Crippen LogP contribution in [0.1, 0.15) is 23.2 Å². The molecule has 1 fully saturated rings. The zero-order chi connectivity index (χ0) is 16.6. The molecule has 0 saturated carbocycles. The summed E-state index contributed by atoms with van der Waals surface area (Å²) in [4.78, 5) is 2.27. The van der Waals surface area contributed by atoms with Crippen LogP contribution >= 0.6 is 0 Å². The monoisotopic (exact) mass is 341 g/mol. The van der Waals surface area contributed by atoms with E-state index in [4.69, 9.17) is 8.94 Å². The number of hydrogen-bond donors (Lipinski definition) is 0. The SMILES string of the molecule is Cc1nnc(CN2CCN(S(=O)(=O)c3c(C)noc3C)CC2)o1. The number of nitrogens with zero attached hydrogens (tertiary/aromatic N) is 5. The molecular weight excluding hydrogens is 322 g/mol. The van der Waals surface area contributed by atoms with E-state index in [1.54, 1.807) is 20.8 Å². The van der Waals surface area contributed by atoms with Crippen LogP contribution in [0.25, 0.3) is 0 Å². The second-order valence-corrected chi connectivity index (χ2v) is 7.42. The highest BCUT2D eigenvalue weighted by atomic mass is 32.2. The number of aryl methyl sites for hydroxylation is 3. The molecule has 0 aliphatic carbocycles. The Bertz CT molecular complexity index is 770. The highest BCUT2D eigenvalue weighted by molar-refractivity contribution is 7.89. The van der Waals surface area contributed by atoms with Gasteiger partial charge in [-0.1, -0.05) is 5.16 Å². The standard InChI is InChI=1S/C13H19N5O4S/c1-9-13(10(2)22-16-9)23(19,20)18-6-4-17(5-7-18)8-12-15-14-11(3)21-12/h4-8H2,1-3H3. The molecule has 9 nitrogen and oxygen atoms in total. The highest BCUT2D eigenvalue weighted by Gasteiger charge is 2.33. The van der Waals surface area contributed by atoms with Crippen LogP contribution in [0.5, 0.6) is 0 Å².